The van der Waals surface area contributed by atoms with Gasteiger partial charge in [0.25, 0.3) is 0 Å². The van der Waals surface area contributed by atoms with Crippen molar-refractivity contribution in [2.75, 3.05) is 25.3 Å². The van der Waals surface area contributed by atoms with E-state index in [-0.39, 0.29) is 0 Å². The van der Waals surface area contributed by atoms with Crippen LogP contribution in [-0.2, 0) is 0 Å². The van der Waals surface area contributed by atoms with Gasteiger partial charge in [0.1, 0.15) is 11.6 Å². The summed E-state index contributed by atoms with van der Waals surface area (Å²) in [5, 5.41) is 7.10. The Morgan fingerprint density at radius 1 is 0.273 bits per heavy atom. The standard InChI is InChI=1S/C59H46N6O/c1-8-23-45(24-9-1)60-47-39-48(61-46-25-10-2-11-26-46)41-57(40-47)66-59-38-22-37-58(62-59)65(53-35-20-7-21-36-53)56-43-54(63(49-27-12-3-13-28-49)50-29-14-4-15-30-50)42-55(44-56)64(51-31-16-5-17-32-51)52-33-18-6-19-34-52/h1-44,60-61H. The van der Waals surface area contributed by atoms with Gasteiger partial charge in [0.05, 0.1) is 17.1 Å². The number of benzene rings is 9. The largest absolute Gasteiger partial charge is 0.439 e. The molecule has 2 N–H and O–H groups in total. The van der Waals surface area contributed by atoms with E-state index < -0.39 is 0 Å². The second-order valence-corrected chi connectivity index (χ2v) is 15.6. The summed E-state index contributed by atoms with van der Waals surface area (Å²) in [4.78, 5) is 12.1. The van der Waals surface area contributed by atoms with E-state index in [9.17, 15) is 0 Å². The minimum Gasteiger partial charge on any atom is -0.439 e. The molecule has 66 heavy (non-hydrogen) atoms. The highest BCUT2D eigenvalue weighted by Crippen LogP contribution is 2.46. The third kappa shape index (κ3) is 9.61. The number of rotatable bonds is 15. The van der Waals surface area contributed by atoms with E-state index in [0.29, 0.717) is 17.4 Å². The first kappa shape index (κ1) is 41.0. The van der Waals surface area contributed by atoms with Crippen molar-refractivity contribution in [2.45, 2.75) is 0 Å². The lowest BCUT2D eigenvalue weighted by Crippen LogP contribution is -2.16. The van der Waals surface area contributed by atoms with Gasteiger partial charge in [-0.05, 0) is 115 Å². The first-order chi connectivity index (χ1) is 32.7. The van der Waals surface area contributed by atoms with Gasteiger partial charge in [-0.3, -0.25) is 4.90 Å². The van der Waals surface area contributed by atoms with E-state index >= 15 is 0 Å². The summed E-state index contributed by atoms with van der Waals surface area (Å²) in [6.07, 6.45) is 0. The molecule has 0 radical (unpaired) electrons. The average molecular weight is 855 g/mol. The summed E-state index contributed by atoms with van der Waals surface area (Å²) in [5.41, 5.74) is 11.6. The highest BCUT2D eigenvalue weighted by atomic mass is 16.5. The number of anilines is 13. The minimum atomic E-state index is 0.442. The molecule has 7 heteroatoms. The topological polar surface area (TPSA) is 55.9 Å². The Bertz CT molecular complexity index is 2870. The van der Waals surface area contributed by atoms with Gasteiger partial charge in [-0.2, -0.15) is 4.98 Å². The zero-order chi connectivity index (χ0) is 44.3. The van der Waals surface area contributed by atoms with Gasteiger partial charge in [-0.15, -0.1) is 0 Å². The highest BCUT2D eigenvalue weighted by molar-refractivity contribution is 5.89. The van der Waals surface area contributed by atoms with Crippen LogP contribution in [0.25, 0.3) is 0 Å². The van der Waals surface area contributed by atoms with Crippen molar-refractivity contribution in [1.29, 1.82) is 0 Å². The maximum absolute atomic E-state index is 6.72. The number of ether oxygens (including phenoxy) is 1. The molecule has 318 valence electrons. The van der Waals surface area contributed by atoms with Gasteiger partial charge in [-0.25, -0.2) is 0 Å². The number of nitrogens with one attached hydrogen (secondary N) is 2. The molecule has 1 aromatic heterocycles. The summed E-state index contributed by atoms with van der Waals surface area (Å²) in [6.45, 7) is 0. The van der Waals surface area contributed by atoms with Crippen LogP contribution in [0.15, 0.2) is 267 Å². The van der Waals surface area contributed by atoms with Crippen molar-refractivity contribution in [2.24, 2.45) is 0 Å². The lowest BCUT2D eigenvalue weighted by atomic mass is 10.1. The highest BCUT2D eigenvalue weighted by Gasteiger charge is 2.23. The second-order valence-electron chi connectivity index (χ2n) is 15.6. The zero-order valence-electron chi connectivity index (χ0n) is 36.1. The molecule has 0 fully saturated rings. The molecule has 0 amide bonds. The predicted molar refractivity (Wildman–Crippen MR) is 274 cm³/mol. The summed E-state index contributed by atoms with van der Waals surface area (Å²) in [7, 11) is 0. The number of pyridine rings is 1. The van der Waals surface area contributed by atoms with Gasteiger partial charge < -0.3 is 25.2 Å². The summed E-state index contributed by atoms with van der Waals surface area (Å²) >= 11 is 0. The van der Waals surface area contributed by atoms with Crippen LogP contribution in [0.3, 0.4) is 0 Å². The lowest BCUT2D eigenvalue weighted by Gasteiger charge is -2.32. The van der Waals surface area contributed by atoms with Crippen molar-refractivity contribution in [3.63, 3.8) is 0 Å². The van der Waals surface area contributed by atoms with Crippen LogP contribution in [0.5, 0.6) is 11.6 Å². The molecule has 7 nitrogen and oxygen atoms in total. The Morgan fingerprint density at radius 3 is 0.985 bits per heavy atom. The molecule has 9 aromatic carbocycles. The molecule has 10 aromatic rings. The molecule has 0 saturated heterocycles. The third-order valence-corrected chi connectivity index (χ3v) is 10.9. The smallest absolute Gasteiger partial charge is 0.221 e. The minimum absolute atomic E-state index is 0.442. The average Bonchev–Trinajstić information content (AvgIpc) is 3.37. The zero-order valence-corrected chi connectivity index (χ0v) is 36.1. The maximum atomic E-state index is 6.72. The first-order valence-electron chi connectivity index (χ1n) is 22.0. The van der Waals surface area contributed by atoms with Crippen molar-refractivity contribution < 1.29 is 4.74 Å². The normalized spacial score (nSPS) is 10.7. The third-order valence-electron chi connectivity index (χ3n) is 10.9. The maximum Gasteiger partial charge on any atom is 0.221 e. The van der Waals surface area contributed by atoms with Crippen LogP contribution in [-0.4, -0.2) is 4.98 Å². The number of para-hydroxylation sites is 7. The Labute approximate surface area is 386 Å². The fourth-order valence-electron chi connectivity index (χ4n) is 8.04. The van der Waals surface area contributed by atoms with E-state index in [1.807, 2.05) is 97.1 Å². The number of hydrogen-bond acceptors (Lipinski definition) is 7. The monoisotopic (exact) mass is 854 g/mol. The second kappa shape index (κ2) is 19.5. The van der Waals surface area contributed by atoms with Crippen LogP contribution in [0.4, 0.5) is 74.1 Å². The van der Waals surface area contributed by atoms with Gasteiger partial charge >= 0.3 is 0 Å². The van der Waals surface area contributed by atoms with Crippen LogP contribution >= 0.6 is 0 Å². The van der Waals surface area contributed by atoms with Gasteiger partial charge in [0.15, 0.2) is 0 Å². The molecule has 0 unspecified atom stereocenters. The molecule has 0 atom stereocenters. The molecule has 0 bridgehead atoms. The van der Waals surface area contributed by atoms with E-state index in [2.05, 4.69) is 195 Å². The SMILES string of the molecule is c1ccc(Nc2cc(Nc3ccccc3)cc(Oc3cccc(N(c4ccccc4)c4cc(N(c5ccccc5)c5ccccc5)cc(N(c5ccccc5)c5ccccc5)c4)n3)c2)cc1. The van der Waals surface area contributed by atoms with Crippen LogP contribution in [0.2, 0.25) is 0 Å². The Kier molecular flexibility index (Phi) is 12.1. The van der Waals surface area contributed by atoms with Crippen LogP contribution in [0, 0.1) is 0 Å². The predicted octanol–water partition coefficient (Wildman–Crippen LogP) is 16.8. The molecule has 0 aliphatic heterocycles. The van der Waals surface area contributed by atoms with Gasteiger partial charge in [0, 0.05) is 69.4 Å². The van der Waals surface area contributed by atoms with Gasteiger partial charge in [-0.1, -0.05) is 133 Å². The van der Waals surface area contributed by atoms with Crippen molar-refractivity contribution >= 4 is 74.1 Å². The van der Waals surface area contributed by atoms with Gasteiger partial charge in [0.2, 0.25) is 5.88 Å². The van der Waals surface area contributed by atoms with E-state index in [1.165, 1.54) is 0 Å². The summed E-state index contributed by atoms with van der Waals surface area (Å²) in [5.74, 6) is 1.75. The molecule has 0 aliphatic carbocycles. The molecule has 1 heterocycles. The number of nitrogens with zero attached hydrogens (tertiary/aromatic N) is 4. The quantitative estimate of drug-likeness (QED) is 0.107. The number of aromatic nitrogens is 1. The summed E-state index contributed by atoms with van der Waals surface area (Å²) < 4.78 is 6.72. The summed E-state index contributed by atoms with van der Waals surface area (Å²) in [6, 6.07) is 91.3. The fourth-order valence-corrected chi connectivity index (χ4v) is 8.04. The molecule has 0 spiro atoms. The van der Waals surface area contributed by atoms with Crippen LogP contribution in [0.1, 0.15) is 0 Å². The van der Waals surface area contributed by atoms with E-state index in [1.54, 1.807) is 0 Å². The van der Waals surface area contributed by atoms with Crippen molar-refractivity contribution in [1.82, 2.24) is 4.98 Å². The molecular weight excluding hydrogens is 809 g/mol. The number of hydrogen-bond donors (Lipinski definition) is 2. The van der Waals surface area contributed by atoms with Crippen LogP contribution < -0.4 is 30.1 Å². The van der Waals surface area contributed by atoms with Crippen molar-refractivity contribution in [3.05, 3.63) is 267 Å². The van der Waals surface area contributed by atoms with Crippen molar-refractivity contribution in [3.8, 4) is 11.6 Å². The lowest BCUT2D eigenvalue weighted by molar-refractivity contribution is 0.464. The molecule has 0 saturated carbocycles. The Morgan fingerprint density at radius 2 is 0.606 bits per heavy atom. The Balaban J connectivity index is 1.12. The molecular formula is C59H46N6O. The molecule has 10 rings (SSSR count). The molecule has 0 aliphatic rings. The fraction of sp³-hybridized carbons (Fsp3) is 0. The first-order valence-corrected chi connectivity index (χ1v) is 22.0. The van der Waals surface area contributed by atoms with E-state index in [0.717, 1.165) is 68.2 Å². The van der Waals surface area contributed by atoms with E-state index in [4.69, 9.17) is 9.72 Å². The Hall–Kier alpha value is -9.07.